The maximum atomic E-state index is 12.5. The second-order valence-corrected chi connectivity index (χ2v) is 24.0. The van der Waals surface area contributed by atoms with Crippen molar-refractivity contribution in [3.8, 4) is 5.75 Å². The van der Waals surface area contributed by atoms with Gasteiger partial charge in [-0.25, -0.2) is 0 Å². The van der Waals surface area contributed by atoms with Gasteiger partial charge in [-0.2, -0.15) is 29.9 Å². The van der Waals surface area contributed by atoms with Gasteiger partial charge in [0.2, 0.25) is 11.9 Å². The Morgan fingerprint density at radius 1 is 0.385 bits per heavy atom. The Balaban J connectivity index is 2.01. The van der Waals surface area contributed by atoms with Gasteiger partial charge in [-0.1, -0.05) is 245 Å². The molecule has 0 aliphatic heterocycles. The van der Waals surface area contributed by atoms with Crippen LogP contribution in [0.25, 0.3) is 0 Å². The van der Waals surface area contributed by atoms with Crippen LogP contribution in [0.3, 0.4) is 0 Å². The van der Waals surface area contributed by atoms with Crippen LogP contribution in [0.1, 0.15) is 234 Å². The SMILES string of the molecule is CCCCCCCCSc1nc(Nc2cc(Nc3nc(SCCCCCCCC)nc(SCCCCCCCC)n3)c(C(C)(C)C)c(O)c2C(C)(C)C)nc(SCCCCCCCC)n1. The molecule has 3 rings (SSSR count). The number of hydrogen-bond donors (Lipinski definition) is 3. The zero-order valence-electron chi connectivity index (χ0n) is 42.6. The first-order chi connectivity index (χ1) is 31.3. The Kier molecular flexibility index (Phi) is 28.9. The minimum Gasteiger partial charge on any atom is -0.507 e. The number of unbranched alkanes of at least 4 members (excludes halogenated alkanes) is 20. The first kappa shape index (κ1) is 57.4. The van der Waals surface area contributed by atoms with Gasteiger partial charge in [0.25, 0.3) is 0 Å². The summed E-state index contributed by atoms with van der Waals surface area (Å²) in [5.74, 6) is 5.15. The van der Waals surface area contributed by atoms with Crippen molar-refractivity contribution in [2.75, 3.05) is 33.6 Å². The largest absolute Gasteiger partial charge is 0.507 e. The number of thioether (sulfide) groups is 4. The van der Waals surface area contributed by atoms with E-state index in [2.05, 4.69) is 85.9 Å². The summed E-state index contributed by atoms with van der Waals surface area (Å²) in [5, 5.41) is 22.7. The van der Waals surface area contributed by atoms with Crippen molar-refractivity contribution in [2.24, 2.45) is 0 Å². The van der Waals surface area contributed by atoms with Gasteiger partial charge in [0.05, 0.1) is 11.4 Å². The van der Waals surface area contributed by atoms with E-state index in [4.69, 9.17) is 29.9 Å². The molecule has 0 saturated heterocycles. The number of anilines is 4. The number of phenols is 1. The number of aromatic nitrogens is 6. The minimum atomic E-state index is -0.406. The molecule has 3 aromatic rings. The van der Waals surface area contributed by atoms with Crippen molar-refractivity contribution in [1.82, 2.24) is 29.9 Å². The van der Waals surface area contributed by atoms with Gasteiger partial charge in [-0.15, -0.1) is 0 Å². The first-order valence-corrected chi connectivity index (χ1v) is 29.7. The molecule has 0 spiro atoms. The minimum absolute atomic E-state index is 0.256. The lowest BCUT2D eigenvalue weighted by Crippen LogP contribution is -2.21. The van der Waals surface area contributed by atoms with Crippen LogP contribution in [0.4, 0.5) is 23.3 Å². The van der Waals surface area contributed by atoms with Crippen LogP contribution >= 0.6 is 47.0 Å². The Hall–Kier alpha value is -1.96. The van der Waals surface area contributed by atoms with Crippen LogP contribution in [0.15, 0.2) is 26.7 Å². The highest BCUT2D eigenvalue weighted by Crippen LogP contribution is 2.48. The average molecular weight is 972 g/mol. The van der Waals surface area contributed by atoms with E-state index >= 15 is 0 Å². The number of aromatic hydroxyl groups is 1. The molecular weight excluding hydrogens is 881 g/mol. The van der Waals surface area contributed by atoms with Crippen molar-refractivity contribution in [3.05, 3.63) is 17.2 Å². The molecule has 2 aromatic heterocycles. The van der Waals surface area contributed by atoms with E-state index in [1.807, 2.05) is 0 Å². The summed E-state index contributed by atoms with van der Waals surface area (Å²) in [6, 6.07) is 2.10. The van der Waals surface area contributed by atoms with E-state index in [0.717, 1.165) is 91.8 Å². The Bertz CT molecular complexity index is 1560. The summed E-state index contributed by atoms with van der Waals surface area (Å²) in [6.07, 6.45) is 30.1. The molecule has 0 saturated carbocycles. The monoisotopic (exact) mass is 971 g/mol. The molecule has 0 atom stereocenters. The van der Waals surface area contributed by atoms with E-state index in [1.54, 1.807) is 47.0 Å². The number of nitrogens with one attached hydrogen (secondary N) is 2. The predicted octanol–water partition coefficient (Wildman–Crippen LogP) is 17.7. The highest BCUT2D eigenvalue weighted by Gasteiger charge is 2.32. The Morgan fingerprint density at radius 2 is 0.631 bits per heavy atom. The molecule has 0 bridgehead atoms. The molecule has 0 radical (unpaired) electrons. The number of benzene rings is 1. The second kappa shape index (κ2) is 32.7. The first-order valence-electron chi connectivity index (χ1n) is 25.8. The van der Waals surface area contributed by atoms with Crippen LogP contribution in [0.5, 0.6) is 5.75 Å². The summed E-state index contributed by atoms with van der Waals surface area (Å²) in [7, 11) is 0. The van der Waals surface area contributed by atoms with Crippen molar-refractivity contribution >= 4 is 70.3 Å². The zero-order valence-corrected chi connectivity index (χ0v) is 45.9. The van der Waals surface area contributed by atoms with Gasteiger partial charge in [-0.3, -0.25) is 0 Å². The maximum Gasteiger partial charge on any atom is 0.232 e. The lowest BCUT2D eigenvalue weighted by atomic mass is 9.77. The standard InChI is InChI=1S/C52H90N8OS4/c1-11-15-19-23-27-31-35-62-47-55-45(56-48(59-47)63-36-32-28-24-20-16-12-2)53-40-39-41(43(52(8,9)10)44(61)42(40)51(5,6)7)54-46-57-49(64-37-33-29-25-21-17-13-3)60-50(58-46)65-38-34-30-26-22-18-14-4/h39,61H,11-38H2,1-10H3,(H,53,55,56,59)(H,54,57,58,60). The second-order valence-electron chi connectivity index (χ2n) is 19.7. The summed E-state index contributed by atoms with van der Waals surface area (Å²) >= 11 is 6.88. The normalized spacial score (nSPS) is 12.0. The fourth-order valence-electron chi connectivity index (χ4n) is 7.85. The Labute approximate surface area is 414 Å². The number of phenolic OH excluding ortho intramolecular Hbond substituents is 1. The van der Waals surface area contributed by atoms with Gasteiger partial charge in [-0.05, 0) is 42.6 Å². The highest BCUT2D eigenvalue weighted by molar-refractivity contribution is 8.00. The lowest BCUT2D eigenvalue weighted by Gasteiger charge is -2.31. The van der Waals surface area contributed by atoms with Crippen LogP contribution in [-0.2, 0) is 10.8 Å². The smallest absolute Gasteiger partial charge is 0.232 e. The average Bonchev–Trinajstić information content (AvgIpc) is 3.24. The van der Waals surface area contributed by atoms with Gasteiger partial charge in [0, 0.05) is 34.1 Å². The molecule has 3 N–H and O–H groups in total. The van der Waals surface area contributed by atoms with Crippen LogP contribution in [0.2, 0.25) is 0 Å². The highest BCUT2D eigenvalue weighted by atomic mass is 32.2. The molecule has 0 aliphatic carbocycles. The molecule has 1 aromatic carbocycles. The lowest BCUT2D eigenvalue weighted by molar-refractivity contribution is 0.425. The summed E-state index contributed by atoms with van der Waals surface area (Å²) in [5.41, 5.74) is 2.32. The quantitative estimate of drug-likeness (QED) is 0.0379. The molecule has 0 fully saturated rings. The van der Waals surface area contributed by atoms with Crippen molar-refractivity contribution in [2.45, 2.75) is 255 Å². The number of rotatable bonds is 36. The van der Waals surface area contributed by atoms with Gasteiger partial charge < -0.3 is 15.7 Å². The molecule has 65 heavy (non-hydrogen) atoms. The van der Waals surface area contributed by atoms with Gasteiger partial charge >= 0.3 is 0 Å². The number of nitrogens with zero attached hydrogens (tertiary/aromatic N) is 6. The van der Waals surface area contributed by atoms with Crippen LogP contribution < -0.4 is 10.6 Å². The van der Waals surface area contributed by atoms with Crippen molar-refractivity contribution < 1.29 is 5.11 Å². The third kappa shape index (κ3) is 23.3. The van der Waals surface area contributed by atoms with Crippen molar-refractivity contribution in [1.29, 1.82) is 0 Å². The molecular formula is C52H90N8OS4. The van der Waals surface area contributed by atoms with Crippen LogP contribution in [0, 0.1) is 0 Å². The molecule has 0 unspecified atom stereocenters. The third-order valence-electron chi connectivity index (χ3n) is 11.4. The number of hydrogen-bond acceptors (Lipinski definition) is 13. The molecule has 0 aliphatic rings. The van der Waals surface area contributed by atoms with Gasteiger partial charge in [0.15, 0.2) is 20.6 Å². The van der Waals surface area contributed by atoms with E-state index in [-0.39, 0.29) is 5.75 Å². The molecule has 2 heterocycles. The Morgan fingerprint density at radius 3 is 0.877 bits per heavy atom. The molecule has 368 valence electrons. The summed E-state index contributed by atoms with van der Waals surface area (Å²) in [4.78, 5) is 29.9. The zero-order chi connectivity index (χ0) is 47.3. The van der Waals surface area contributed by atoms with E-state index in [9.17, 15) is 5.11 Å². The van der Waals surface area contributed by atoms with Crippen molar-refractivity contribution in [3.63, 3.8) is 0 Å². The van der Waals surface area contributed by atoms with Gasteiger partial charge in [0.1, 0.15) is 5.75 Å². The fraction of sp³-hybridized carbons (Fsp3) is 0.769. The van der Waals surface area contributed by atoms with E-state index < -0.39 is 10.8 Å². The molecule has 0 amide bonds. The topological polar surface area (TPSA) is 122 Å². The molecule has 9 nitrogen and oxygen atoms in total. The van der Waals surface area contributed by atoms with Crippen LogP contribution in [-0.4, -0.2) is 58.0 Å². The fourth-order valence-corrected chi connectivity index (χ4v) is 11.3. The summed E-state index contributed by atoms with van der Waals surface area (Å²) in [6.45, 7) is 22.0. The van der Waals surface area contributed by atoms with E-state index in [0.29, 0.717) is 11.9 Å². The third-order valence-corrected chi connectivity index (χ3v) is 15.1. The maximum absolute atomic E-state index is 12.5. The van der Waals surface area contributed by atoms with E-state index in [1.165, 1.54) is 128 Å². The summed E-state index contributed by atoms with van der Waals surface area (Å²) < 4.78 is 0. The molecule has 13 heteroatoms. The predicted molar refractivity (Wildman–Crippen MR) is 288 cm³/mol.